The largest absolute Gasteiger partial charge is 0.490 e. The molecule has 0 atom stereocenters. The summed E-state index contributed by atoms with van der Waals surface area (Å²) in [5, 5.41) is 1.50. The summed E-state index contributed by atoms with van der Waals surface area (Å²) >= 11 is 9.56. The van der Waals surface area contributed by atoms with E-state index in [0.717, 1.165) is 28.0 Å². The molecule has 0 N–H and O–H groups in total. The van der Waals surface area contributed by atoms with Crippen molar-refractivity contribution in [3.63, 3.8) is 0 Å². The number of ether oxygens (including phenoxy) is 2. The van der Waals surface area contributed by atoms with Crippen molar-refractivity contribution in [2.75, 3.05) is 6.61 Å². The molecule has 0 bridgehead atoms. The Hall–Kier alpha value is -1.19. The zero-order valence-corrected chi connectivity index (χ0v) is 13.6. The van der Waals surface area contributed by atoms with Gasteiger partial charge in [0.1, 0.15) is 6.61 Å². The fourth-order valence-electron chi connectivity index (χ4n) is 1.79. The molecule has 0 fully saturated rings. The molecule has 0 aliphatic heterocycles. The molecule has 2 aromatic rings. The molecule has 0 aliphatic rings. The second-order valence-electron chi connectivity index (χ2n) is 4.23. The minimum atomic E-state index is 0.424. The van der Waals surface area contributed by atoms with E-state index in [1.165, 1.54) is 0 Å². The first-order chi connectivity index (χ1) is 9.74. The van der Waals surface area contributed by atoms with Crippen LogP contribution in [0.1, 0.15) is 18.1 Å². The minimum absolute atomic E-state index is 0.424. The van der Waals surface area contributed by atoms with Gasteiger partial charge in [-0.15, -0.1) is 0 Å². The van der Waals surface area contributed by atoms with Crippen LogP contribution >= 0.6 is 27.5 Å². The molecule has 0 aliphatic carbocycles. The van der Waals surface area contributed by atoms with E-state index in [9.17, 15) is 0 Å². The Kier molecular flexibility index (Phi) is 5.74. The first kappa shape index (κ1) is 15.2. The molecule has 0 spiro atoms. The lowest BCUT2D eigenvalue weighted by Crippen LogP contribution is -2.00. The van der Waals surface area contributed by atoms with Crippen LogP contribution in [0, 0.1) is 0 Å². The average molecular weight is 356 g/mol. The quantitative estimate of drug-likeness (QED) is 0.662. The molecule has 0 aromatic heterocycles. The molecule has 2 rings (SSSR count). The third kappa shape index (κ3) is 3.90. The molecule has 2 nitrogen and oxygen atoms in total. The number of hydrogen-bond acceptors (Lipinski definition) is 2. The standard InChI is InChI=1S/C16H16BrClO2/c1-2-19-16-9-12(10-17)7-8-15(16)20-11-13-5-3-4-6-14(13)18/h3-9H,2,10-11H2,1H3. The van der Waals surface area contributed by atoms with Crippen LogP contribution in [0.4, 0.5) is 0 Å². The maximum Gasteiger partial charge on any atom is 0.161 e. The van der Waals surface area contributed by atoms with Gasteiger partial charge in [-0.25, -0.2) is 0 Å². The van der Waals surface area contributed by atoms with Crippen LogP contribution in [-0.2, 0) is 11.9 Å². The Morgan fingerprint density at radius 1 is 1.05 bits per heavy atom. The fraction of sp³-hybridized carbons (Fsp3) is 0.250. The van der Waals surface area contributed by atoms with Gasteiger partial charge in [-0.1, -0.05) is 51.8 Å². The summed E-state index contributed by atoms with van der Waals surface area (Å²) in [5.74, 6) is 1.49. The molecule has 0 saturated heterocycles. The molecule has 106 valence electrons. The molecular formula is C16H16BrClO2. The molecule has 0 amide bonds. The molecule has 0 saturated carbocycles. The highest BCUT2D eigenvalue weighted by atomic mass is 79.9. The molecular weight excluding hydrogens is 340 g/mol. The summed E-state index contributed by atoms with van der Waals surface area (Å²) in [6.45, 7) is 2.99. The van der Waals surface area contributed by atoms with Gasteiger partial charge in [-0.2, -0.15) is 0 Å². The molecule has 0 radical (unpaired) electrons. The number of alkyl halides is 1. The number of benzene rings is 2. The van der Waals surface area contributed by atoms with E-state index >= 15 is 0 Å². The smallest absolute Gasteiger partial charge is 0.161 e. The lowest BCUT2D eigenvalue weighted by Gasteiger charge is -2.13. The highest BCUT2D eigenvalue weighted by molar-refractivity contribution is 9.08. The van der Waals surface area contributed by atoms with Crippen LogP contribution < -0.4 is 9.47 Å². The average Bonchev–Trinajstić information content (AvgIpc) is 2.47. The number of hydrogen-bond donors (Lipinski definition) is 0. The van der Waals surface area contributed by atoms with Gasteiger partial charge in [-0.05, 0) is 30.7 Å². The fourth-order valence-corrected chi connectivity index (χ4v) is 2.33. The van der Waals surface area contributed by atoms with E-state index in [0.29, 0.717) is 18.2 Å². The topological polar surface area (TPSA) is 18.5 Å². The second-order valence-corrected chi connectivity index (χ2v) is 5.20. The SMILES string of the molecule is CCOc1cc(CBr)ccc1OCc1ccccc1Cl. The lowest BCUT2D eigenvalue weighted by atomic mass is 10.2. The first-order valence-corrected chi connectivity index (χ1v) is 7.92. The van der Waals surface area contributed by atoms with Crippen LogP contribution in [0.15, 0.2) is 42.5 Å². The Labute approximate surface area is 132 Å². The van der Waals surface area contributed by atoms with Gasteiger partial charge in [0, 0.05) is 15.9 Å². The van der Waals surface area contributed by atoms with Crippen LogP contribution in [0.25, 0.3) is 0 Å². The summed E-state index contributed by atoms with van der Waals surface area (Å²) in [5.41, 5.74) is 2.11. The maximum atomic E-state index is 6.12. The third-order valence-corrected chi connectivity index (χ3v) is 3.82. The van der Waals surface area contributed by atoms with Crippen LogP contribution in [-0.4, -0.2) is 6.61 Å². The van der Waals surface area contributed by atoms with Crippen molar-refractivity contribution in [2.24, 2.45) is 0 Å². The van der Waals surface area contributed by atoms with E-state index in [-0.39, 0.29) is 0 Å². The van der Waals surface area contributed by atoms with Gasteiger partial charge < -0.3 is 9.47 Å². The zero-order chi connectivity index (χ0) is 14.4. The van der Waals surface area contributed by atoms with Crippen molar-refractivity contribution in [1.29, 1.82) is 0 Å². The van der Waals surface area contributed by atoms with Crippen LogP contribution in [0.3, 0.4) is 0 Å². The Balaban J connectivity index is 2.14. The zero-order valence-electron chi connectivity index (χ0n) is 11.2. The summed E-state index contributed by atoms with van der Waals surface area (Å²) < 4.78 is 11.5. The molecule has 2 aromatic carbocycles. The summed E-state index contributed by atoms with van der Waals surface area (Å²) in [4.78, 5) is 0. The van der Waals surface area contributed by atoms with Gasteiger partial charge in [0.15, 0.2) is 11.5 Å². The van der Waals surface area contributed by atoms with Gasteiger partial charge in [0.25, 0.3) is 0 Å². The van der Waals surface area contributed by atoms with E-state index in [4.69, 9.17) is 21.1 Å². The van der Waals surface area contributed by atoms with Crippen molar-refractivity contribution < 1.29 is 9.47 Å². The normalized spacial score (nSPS) is 10.3. The second kappa shape index (κ2) is 7.55. The van der Waals surface area contributed by atoms with Crippen molar-refractivity contribution in [3.8, 4) is 11.5 Å². The minimum Gasteiger partial charge on any atom is -0.490 e. The Bertz CT molecular complexity index is 572. The van der Waals surface area contributed by atoms with Gasteiger partial charge in [0.05, 0.1) is 6.61 Å². The highest BCUT2D eigenvalue weighted by Gasteiger charge is 2.07. The number of rotatable bonds is 6. The van der Waals surface area contributed by atoms with Crippen LogP contribution in [0.5, 0.6) is 11.5 Å². The van der Waals surface area contributed by atoms with E-state index < -0.39 is 0 Å². The summed E-state index contributed by atoms with van der Waals surface area (Å²) in [6.07, 6.45) is 0. The Morgan fingerprint density at radius 2 is 1.85 bits per heavy atom. The van der Waals surface area contributed by atoms with E-state index in [2.05, 4.69) is 15.9 Å². The number of halogens is 2. The first-order valence-electron chi connectivity index (χ1n) is 6.42. The van der Waals surface area contributed by atoms with Gasteiger partial charge in [-0.3, -0.25) is 0 Å². The third-order valence-electron chi connectivity index (χ3n) is 2.80. The van der Waals surface area contributed by atoms with Gasteiger partial charge in [0.2, 0.25) is 0 Å². The maximum absolute atomic E-state index is 6.12. The van der Waals surface area contributed by atoms with Gasteiger partial charge >= 0.3 is 0 Å². The molecule has 20 heavy (non-hydrogen) atoms. The summed E-state index contributed by atoms with van der Waals surface area (Å²) in [7, 11) is 0. The van der Waals surface area contributed by atoms with Crippen molar-refractivity contribution in [1.82, 2.24) is 0 Å². The molecule has 4 heteroatoms. The molecule has 0 heterocycles. The predicted octanol–water partition coefficient (Wildman–Crippen LogP) is 5.21. The van der Waals surface area contributed by atoms with Crippen LogP contribution in [0.2, 0.25) is 5.02 Å². The monoisotopic (exact) mass is 354 g/mol. The van der Waals surface area contributed by atoms with Crippen molar-refractivity contribution >= 4 is 27.5 Å². The lowest BCUT2D eigenvalue weighted by molar-refractivity contribution is 0.269. The molecule has 0 unspecified atom stereocenters. The predicted molar refractivity (Wildman–Crippen MR) is 86.0 cm³/mol. The van der Waals surface area contributed by atoms with E-state index in [1.54, 1.807) is 0 Å². The van der Waals surface area contributed by atoms with E-state index in [1.807, 2.05) is 49.4 Å². The Morgan fingerprint density at radius 3 is 2.55 bits per heavy atom. The van der Waals surface area contributed by atoms with Crippen molar-refractivity contribution in [3.05, 3.63) is 58.6 Å². The highest BCUT2D eigenvalue weighted by Crippen LogP contribution is 2.30. The summed E-state index contributed by atoms with van der Waals surface area (Å²) in [6, 6.07) is 13.6. The van der Waals surface area contributed by atoms with Crippen molar-refractivity contribution in [2.45, 2.75) is 18.9 Å².